The van der Waals surface area contributed by atoms with Crippen molar-refractivity contribution in [2.24, 2.45) is 0 Å². The Kier molecular flexibility index (Phi) is 3.52. The van der Waals surface area contributed by atoms with Crippen LogP contribution in [0.4, 0.5) is 0 Å². The fourth-order valence-electron chi connectivity index (χ4n) is 2.28. The highest BCUT2D eigenvalue weighted by Crippen LogP contribution is 2.21. The average molecular weight is 272 g/mol. The number of nitrogens with zero attached hydrogens (tertiary/aromatic N) is 1. The van der Waals surface area contributed by atoms with Gasteiger partial charge in [0, 0.05) is 12.0 Å². The second kappa shape index (κ2) is 5.46. The largest absolute Gasteiger partial charge is 0.494 e. The third-order valence-corrected chi connectivity index (χ3v) is 3.25. The summed E-state index contributed by atoms with van der Waals surface area (Å²) < 4.78 is 10.8. The molecule has 1 aliphatic heterocycles. The van der Waals surface area contributed by atoms with Gasteiger partial charge < -0.3 is 14.5 Å². The Bertz CT molecular complexity index is 679. The fourth-order valence-corrected chi connectivity index (χ4v) is 2.28. The van der Waals surface area contributed by atoms with Crippen LogP contribution >= 0.6 is 0 Å². The van der Waals surface area contributed by atoms with Gasteiger partial charge in [-0.2, -0.15) is 0 Å². The van der Waals surface area contributed by atoms with Crippen LogP contribution < -0.4 is 10.3 Å². The Balaban J connectivity index is 2.04. The van der Waals surface area contributed by atoms with Crippen molar-refractivity contribution in [2.45, 2.75) is 20.0 Å². The number of hydrogen-bond acceptors (Lipinski definition) is 4. The zero-order valence-corrected chi connectivity index (χ0v) is 11.3. The van der Waals surface area contributed by atoms with Gasteiger partial charge >= 0.3 is 0 Å². The molecule has 0 radical (unpaired) electrons. The molecule has 1 aromatic heterocycles. The molecule has 0 bridgehead atoms. The number of ether oxygens (including phenoxy) is 2. The maximum absolute atomic E-state index is 12.1. The number of hydrogen-bond donors (Lipinski definition) is 1. The maximum Gasteiger partial charge on any atom is 0.256 e. The molecule has 0 amide bonds. The van der Waals surface area contributed by atoms with Crippen molar-refractivity contribution < 1.29 is 9.47 Å². The van der Waals surface area contributed by atoms with Crippen molar-refractivity contribution in [3.63, 3.8) is 0 Å². The molecule has 0 unspecified atom stereocenters. The summed E-state index contributed by atoms with van der Waals surface area (Å²) in [5.41, 5.74) is 2.20. The molecule has 0 spiro atoms. The zero-order chi connectivity index (χ0) is 13.9. The molecule has 3 rings (SSSR count). The molecule has 20 heavy (non-hydrogen) atoms. The normalized spacial score (nSPS) is 13.8. The van der Waals surface area contributed by atoms with E-state index in [1.54, 1.807) is 0 Å². The lowest BCUT2D eigenvalue weighted by Gasteiger charge is -2.15. The minimum absolute atomic E-state index is 0.119. The van der Waals surface area contributed by atoms with Gasteiger partial charge in [0.05, 0.1) is 31.1 Å². The van der Waals surface area contributed by atoms with Gasteiger partial charge in [-0.1, -0.05) is 12.1 Å². The van der Waals surface area contributed by atoms with Crippen LogP contribution in [-0.4, -0.2) is 23.2 Å². The van der Waals surface area contributed by atoms with Gasteiger partial charge in [-0.3, -0.25) is 4.79 Å². The van der Waals surface area contributed by atoms with Gasteiger partial charge in [-0.15, -0.1) is 0 Å². The van der Waals surface area contributed by atoms with Crippen LogP contribution in [0.25, 0.3) is 11.4 Å². The smallest absolute Gasteiger partial charge is 0.256 e. The van der Waals surface area contributed by atoms with Crippen LogP contribution in [0.2, 0.25) is 0 Å². The van der Waals surface area contributed by atoms with Gasteiger partial charge in [0.2, 0.25) is 0 Å². The molecule has 5 heteroatoms. The van der Waals surface area contributed by atoms with E-state index in [0.717, 1.165) is 17.0 Å². The number of H-pyrrole nitrogens is 1. The summed E-state index contributed by atoms with van der Waals surface area (Å²) in [6.07, 6.45) is 0.678. The Labute approximate surface area is 116 Å². The lowest BCUT2D eigenvalue weighted by molar-refractivity contribution is 0.108. The molecule has 1 N–H and O–H groups in total. The quantitative estimate of drug-likeness (QED) is 0.927. The number of benzene rings is 1. The predicted octanol–water partition coefficient (Wildman–Crippen LogP) is 1.91. The molecule has 1 aromatic carbocycles. The summed E-state index contributed by atoms with van der Waals surface area (Å²) in [5.74, 6) is 1.35. The number of aromatic nitrogens is 2. The molecule has 0 saturated carbocycles. The molecule has 5 nitrogen and oxygen atoms in total. The van der Waals surface area contributed by atoms with Crippen molar-refractivity contribution >= 4 is 0 Å². The van der Waals surface area contributed by atoms with Gasteiger partial charge in [-0.25, -0.2) is 4.98 Å². The molecular formula is C15H16N2O3. The van der Waals surface area contributed by atoms with E-state index in [4.69, 9.17) is 9.47 Å². The minimum Gasteiger partial charge on any atom is -0.494 e. The minimum atomic E-state index is -0.119. The van der Waals surface area contributed by atoms with E-state index in [1.807, 2.05) is 31.2 Å². The fraction of sp³-hybridized carbons (Fsp3) is 0.333. The van der Waals surface area contributed by atoms with E-state index in [-0.39, 0.29) is 5.56 Å². The van der Waals surface area contributed by atoms with E-state index in [2.05, 4.69) is 9.97 Å². The van der Waals surface area contributed by atoms with Crippen molar-refractivity contribution in [3.05, 3.63) is 45.9 Å². The summed E-state index contributed by atoms with van der Waals surface area (Å²) in [6.45, 7) is 3.50. The van der Waals surface area contributed by atoms with Crippen molar-refractivity contribution in [1.29, 1.82) is 0 Å². The molecule has 0 fully saturated rings. The zero-order valence-electron chi connectivity index (χ0n) is 11.3. The van der Waals surface area contributed by atoms with E-state index in [1.165, 1.54) is 0 Å². The van der Waals surface area contributed by atoms with Gasteiger partial charge in [0.1, 0.15) is 11.6 Å². The number of rotatable bonds is 3. The van der Waals surface area contributed by atoms with E-state index in [9.17, 15) is 4.79 Å². The van der Waals surface area contributed by atoms with E-state index >= 15 is 0 Å². The van der Waals surface area contributed by atoms with Crippen LogP contribution in [0, 0.1) is 0 Å². The molecule has 2 heterocycles. The summed E-state index contributed by atoms with van der Waals surface area (Å²) in [5, 5.41) is 0. The van der Waals surface area contributed by atoms with Gasteiger partial charge in [0.15, 0.2) is 0 Å². The second-order valence-corrected chi connectivity index (χ2v) is 4.60. The summed E-state index contributed by atoms with van der Waals surface area (Å²) in [7, 11) is 0. The van der Waals surface area contributed by atoms with Crippen molar-refractivity contribution in [3.8, 4) is 17.1 Å². The standard InChI is InChI=1S/C15H16N2O3/c1-2-20-11-5-3-4-10(8-11)14-16-13-6-7-19-9-12(13)15(18)17-14/h3-5,8H,2,6-7,9H2,1H3,(H,16,17,18). The first-order valence-electron chi connectivity index (χ1n) is 6.71. The second-order valence-electron chi connectivity index (χ2n) is 4.60. The maximum atomic E-state index is 12.1. The Hall–Kier alpha value is -2.14. The highest BCUT2D eigenvalue weighted by molar-refractivity contribution is 5.57. The van der Waals surface area contributed by atoms with Crippen LogP contribution in [0.15, 0.2) is 29.1 Å². The van der Waals surface area contributed by atoms with E-state index < -0.39 is 0 Å². The number of nitrogens with one attached hydrogen (secondary N) is 1. The summed E-state index contributed by atoms with van der Waals surface area (Å²) >= 11 is 0. The molecular weight excluding hydrogens is 256 g/mol. The van der Waals surface area contributed by atoms with Crippen LogP contribution in [-0.2, 0) is 17.8 Å². The molecule has 2 aromatic rings. The highest BCUT2D eigenvalue weighted by Gasteiger charge is 2.16. The first-order valence-corrected chi connectivity index (χ1v) is 6.71. The number of fused-ring (bicyclic) bond motifs is 1. The highest BCUT2D eigenvalue weighted by atomic mass is 16.5. The average Bonchev–Trinajstić information content (AvgIpc) is 2.48. The SMILES string of the molecule is CCOc1cccc(-c2nc3c(c(=O)[nH]2)COCC3)c1. The predicted molar refractivity (Wildman–Crippen MR) is 74.8 cm³/mol. The van der Waals surface area contributed by atoms with Crippen LogP contribution in [0.5, 0.6) is 5.75 Å². The Morgan fingerprint density at radius 3 is 3.20 bits per heavy atom. The number of aromatic amines is 1. The molecule has 1 aliphatic rings. The van der Waals surface area contributed by atoms with Gasteiger partial charge in [-0.05, 0) is 19.1 Å². The molecule has 104 valence electrons. The summed E-state index contributed by atoms with van der Waals surface area (Å²) in [6, 6.07) is 7.57. The Morgan fingerprint density at radius 1 is 1.45 bits per heavy atom. The molecule has 0 aliphatic carbocycles. The van der Waals surface area contributed by atoms with Crippen LogP contribution in [0.1, 0.15) is 18.2 Å². The molecule has 0 saturated heterocycles. The first-order chi connectivity index (χ1) is 9.78. The lowest BCUT2D eigenvalue weighted by Crippen LogP contribution is -2.24. The monoisotopic (exact) mass is 272 g/mol. The van der Waals surface area contributed by atoms with E-state index in [0.29, 0.717) is 37.6 Å². The first kappa shape index (κ1) is 12.9. The third kappa shape index (κ3) is 2.44. The van der Waals surface area contributed by atoms with Gasteiger partial charge in [0.25, 0.3) is 5.56 Å². The summed E-state index contributed by atoms with van der Waals surface area (Å²) in [4.78, 5) is 19.4. The Morgan fingerprint density at radius 2 is 2.35 bits per heavy atom. The van der Waals surface area contributed by atoms with Crippen LogP contribution in [0.3, 0.4) is 0 Å². The van der Waals surface area contributed by atoms with Crippen molar-refractivity contribution in [2.75, 3.05) is 13.2 Å². The topological polar surface area (TPSA) is 64.2 Å². The lowest BCUT2D eigenvalue weighted by atomic mass is 10.1. The molecule has 0 atom stereocenters. The van der Waals surface area contributed by atoms with Crippen molar-refractivity contribution in [1.82, 2.24) is 9.97 Å². The third-order valence-electron chi connectivity index (χ3n) is 3.25.